The number of hydrogen-bond donors (Lipinski definition) is 0. The summed E-state index contributed by atoms with van der Waals surface area (Å²) in [5, 5.41) is 13.5. The number of nitrogens with zero attached hydrogens (tertiary/aromatic N) is 4. The van der Waals surface area contributed by atoms with Gasteiger partial charge in [-0.2, -0.15) is 9.61 Å². The molecule has 2 heterocycles. The molecule has 2 aromatic heterocycles. The van der Waals surface area contributed by atoms with Crippen LogP contribution in [-0.2, 0) is 6.42 Å². The van der Waals surface area contributed by atoms with Gasteiger partial charge < -0.3 is 0 Å². The largest absolute Gasteiger partial charge is 0.234 e. The van der Waals surface area contributed by atoms with E-state index in [9.17, 15) is 0 Å². The lowest BCUT2D eigenvalue weighted by Crippen LogP contribution is -1.98. The van der Waals surface area contributed by atoms with E-state index in [0.717, 1.165) is 16.4 Å². The van der Waals surface area contributed by atoms with Gasteiger partial charge in [-0.25, -0.2) is 0 Å². The van der Waals surface area contributed by atoms with Crippen LogP contribution < -0.4 is 0 Å². The summed E-state index contributed by atoms with van der Waals surface area (Å²) in [5.41, 5.74) is 2.69. The van der Waals surface area contributed by atoms with Crippen LogP contribution in [0, 0.1) is 5.92 Å². The Labute approximate surface area is 122 Å². The van der Waals surface area contributed by atoms with Gasteiger partial charge in [-0.3, -0.25) is 0 Å². The molecule has 0 fully saturated rings. The van der Waals surface area contributed by atoms with Crippen molar-refractivity contribution < 1.29 is 0 Å². The second-order valence-corrected chi connectivity index (χ2v) is 6.55. The highest BCUT2D eigenvalue weighted by Crippen LogP contribution is 2.27. The minimum Gasteiger partial charge on any atom is -0.190 e. The van der Waals surface area contributed by atoms with Gasteiger partial charge in [-0.15, -0.1) is 10.2 Å². The fourth-order valence-electron chi connectivity index (χ4n) is 2.31. The van der Waals surface area contributed by atoms with E-state index >= 15 is 0 Å². The summed E-state index contributed by atoms with van der Waals surface area (Å²) in [6.07, 6.45) is 2.78. The summed E-state index contributed by atoms with van der Waals surface area (Å²) < 4.78 is 1.74. The summed E-state index contributed by atoms with van der Waals surface area (Å²) in [6.45, 7) is 6.68. The van der Waals surface area contributed by atoms with Gasteiger partial charge in [0.2, 0.25) is 4.96 Å². The van der Waals surface area contributed by atoms with Crippen molar-refractivity contribution in [1.29, 1.82) is 0 Å². The Hall–Kier alpha value is -1.75. The van der Waals surface area contributed by atoms with E-state index < -0.39 is 0 Å². The zero-order chi connectivity index (χ0) is 14.1. The van der Waals surface area contributed by atoms with E-state index in [1.54, 1.807) is 22.2 Å². The van der Waals surface area contributed by atoms with Crippen molar-refractivity contribution in [2.75, 3.05) is 0 Å². The van der Waals surface area contributed by atoms with Crippen LogP contribution >= 0.6 is 11.3 Å². The molecule has 0 aliphatic rings. The molecule has 20 heavy (non-hydrogen) atoms. The maximum Gasteiger partial charge on any atom is 0.234 e. The van der Waals surface area contributed by atoms with Gasteiger partial charge in [0.25, 0.3) is 0 Å². The van der Waals surface area contributed by atoms with Gasteiger partial charge in [0.05, 0.1) is 0 Å². The predicted molar refractivity (Wildman–Crippen MR) is 81.2 cm³/mol. The highest BCUT2D eigenvalue weighted by molar-refractivity contribution is 7.16. The third kappa shape index (κ3) is 2.58. The Morgan fingerprint density at radius 3 is 2.55 bits per heavy atom. The number of hydrogen-bond acceptors (Lipinski definition) is 4. The van der Waals surface area contributed by atoms with Gasteiger partial charge in [0, 0.05) is 5.92 Å². The molecular formula is C15H18N4S. The second kappa shape index (κ2) is 5.32. The summed E-state index contributed by atoms with van der Waals surface area (Å²) >= 11 is 1.60. The number of benzene rings is 1. The van der Waals surface area contributed by atoms with Crippen LogP contribution in [0.15, 0.2) is 30.6 Å². The first kappa shape index (κ1) is 13.2. The van der Waals surface area contributed by atoms with Crippen molar-refractivity contribution in [1.82, 2.24) is 19.8 Å². The Morgan fingerprint density at radius 1 is 1.15 bits per heavy atom. The number of fused-ring (bicyclic) bond motifs is 1. The maximum atomic E-state index is 4.53. The van der Waals surface area contributed by atoms with Gasteiger partial charge in [0.15, 0.2) is 0 Å². The van der Waals surface area contributed by atoms with E-state index in [4.69, 9.17) is 0 Å². The van der Waals surface area contributed by atoms with Crippen molar-refractivity contribution in [2.45, 2.75) is 33.1 Å². The standard InChI is InChI=1S/C15H18N4S/c1-10(2)8-12-4-6-13(7-5-12)11(3)14-18-19-9-16-17-15(19)20-14/h4-7,9-11H,8H2,1-3H3. The molecule has 0 saturated heterocycles. The molecule has 3 rings (SSSR count). The Balaban J connectivity index is 1.82. The fraction of sp³-hybridized carbons (Fsp3) is 0.400. The first-order valence-corrected chi connectivity index (χ1v) is 7.70. The van der Waals surface area contributed by atoms with Gasteiger partial charge in [-0.1, -0.05) is 56.4 Å². The van der Waals surface area contributed by atoms with E-state index in [-0.39, 0.29) is 5.92 Å². The van der Waals surface area contributed by atoms with Crippen molar-refractivity contribution in [2.24, 2.45) is 5.92 Å². The van der Waals surface area contributed by atoms with Gasteiger partial charge in [0.1, 0.15) is 11.3 Å². The number of aromatic nitrogens is 4. The first-order chi connectivity index (χ1) is 9.63. The average molecular weight is 286 g/mol. The van der Waals surface area contributed by atoms with Crippen LogP contribution in [0.2, 0.25) is 0 Å². The lowest BCUT2D eigenvalue weighted by atomic mass is 9.97. The van der Waals surface area contributed by atoms with E-state index in [1.807, 2.05) is 0 Å². The van der Waals surface area contributed by atoms with Crippen LogP contribution in [0.4, 0.5) is 0 Å². The molecule has 1 unspecified atom stereocenters. The molecule has 0 amide bonds. The molecular weight excluding hydrogens is 268 g/mol. The molecule has 0 spiro atoms. The molecule has 0 aliphatic heterocycles. The molecule has 1 atom stereocenters. The molecule has 0 N–H and O–H groups in total. The highest BCUT2D eigenvalue weighted by Gasteiger charge is 2.14. The maximum absolute atomic E-state index is 4.53. The topological polar surface area (TPSA) is 43.1 Å². The molecule has 3 aromatic rings. The lowest BCUT2D eigenvalue weighted by Gasteiger charge is -2.10. The average Bonchev–Trinajstić information content (AvgIpc) is 2.98. The molecule has 0 aliphatic carbocycles. The van der Waals surface area contributed by atoms with E-state index in [2.05, 4.69) is 60.3 Å². The second-order valence-electron chi connectivity index (χ2n) is 5.56. The third-order valence-corrected chi connectivity index (χ3v) is 4.49. The van der Waals surface area contributed by atoms with Crippen molar-refractivity contribution in [3.63, 3.8) is 0 Å². The predicted octanol–water partition coefficient (Wildman–Crippen LogP) is 3.54. The summed E-state index contributed by atoms with van der Waals surface area (Å²) in [4.78, 5) is 0.850. The normalized spacial score (nSPS) is 13.2. The van der Waals surface area contributed by atoms with Crippen LogP contribution in [0.1, 0.15) is 42.8 Å². The van der Waals surface area contributed by atoms with Crippen LogP contribution in [-0.4, -0.2) is 19.8 Å². The van der Waals surface area contributed by atoms with E-state index in [1.165, 1.54) is 11.1 Å². The third-order valence-electron chi connectivity index (χ3n) is 3.40. The Kier molecular flexibility index (Phi) is 3.53. The van der Waals surface area contributed by atoms with Crippen molar-refractivity contribution >= 4 is 16.3 Å². The lowest BCUT2D eigenvalue weighted by molar-refractivity contribution is 0.647. The molecule has 0 bridgehead atoms. The highest BCUT2D eigenvalue weighted by atomic mass is 32.1. The van der Waals surface area contributed by atoms with E-state index in [0.29, 0.717) is 5.92 Å². The number of rotatable bonds is 4. The summed E-state index contributed by atoms with van der Waals surface area (Å²) in [5.74, 6) is 0.979. The van der Waals surface area contributed by atoms with Crippen molar-refractivity contribution in [3.05, 3.63) is 46.7 Å². The summed E-state index contributed by atoms with van der Waals surface area (Å²) in [6, 6.07) is 8.88. The van der Waals surface area contributed by atoms with Crippen LogP contribution in [0.5, 0.6) is 0 Å². The smallest absolute Gasteiger partial charge is 0.190 e. The Bertz CT molecular complexity index is 668. The van der Waals surface area contributed by atoms with Crippen LogP contribution in [0.25, 0.3) is 4.96 Å². The van der Waals surface area contributed by atoms with Crippen molar-refractivity contribution in [3.8, 4) is 0 Å². The molecule has 0 radical (unpaired) electrons. The van der Waals surface area contributed by atoms with Crippen LogP contribution in [0.3, 0.4) is 0 Å². The molecule has 0 saturated carbocycles. The Morgan fingerprint density at radius 2 is 1.90 bits per heavy atom. The summed E-state index contributed by atoms with van der Waals surface area (Å²) in [7, 11) is 0. The first-order valence-electron chi connectivity index (χ1n) is 6.89. The zero-order valence-electron chi connectivity index (χ0n) is 11.9. The molecule has 104 valence electrons. The quantitative estimate of drug-likeness (QED) is 0.737. The minimum atomic E-state index is 0.287. The van der Waals surface area contributed by atoms with Gasteiger partial charge in [-0.05, 0) is 23.5 Å². The zero-order valence-corrected chi connectivity index (χ0v) is 12.8. The molecule has 1 aromatic carbocycles. The fourth-order valence-corrected chi connectivity index (χ4v) is 3.20. The molecule has 4 nitrogen and oxygen atoms in total. The monoisotopic (exact) mass is 286 g/mol. The van der Waals surface area contributed by atoms with Gasteiger partial charge >= 0.3 is 0 Å². The minimum absolute atomic E-state index is 0.287. The SMILES string of the molecule is CC(C)Cc1ccc(C(C)c2nn3cnnc3s2)cc1. The molecule has 5 heteroatoms.